The third-order valence-electron chi connectivity index (χ3n) is 2.60. The fourth-order valence-corrected chi connectivity index (χ4v) is 3.07. The standard InChI is InChI=1S/C10H18N2O2S2/c11-5-3-7-16-10(15)12-6-2-1-4-8(12)9(13)14/h8H,1-7,11H2,(H,13,14). The average molecular weight is 262 g/mol. The number of piperidine rings is 1. The number of hydrogen-bond donors (Lipinski definition) is 2. The quantitative estimate of drug-likeness (QED) is 0.588. The Morgan fingerprint density at radius 2 is 2.31 bits per heavy atom. The molecular formula is C10H18N2O2S2. The van der Waals surface area contributed by atoms with E-state index in [2.05, 4.69) is 0 Å². The monoisotopic (exact) mass is 262 g/mol. The Kier molecular flexibility index (Phi) is 6.08. The molecule has 0 aromatic carbocycles. The molecule has 0 amide bonds. The van der Waals surface area contributed by atoms with Crippen molar-refractivity contribution < 1.29 is 9.90 Å². The molecule has 0 radical (unpaired) electrons. The van der Waals surface area contributed by atoms with E-state index in [0.717, 1.165) is 31.6 Å². The first-order valence-corrected chi connectivity index (χ1v) is 6.92. The summed E-state index contributed by atoms with van der Waals surface area (Å²) in [6.45, 7) is 1.42. The zero-order valence-electron chi connectivity index (χ0n) is 9.22. The first-order valence-electron chi connectivity index (χ1n) is 5.53. The predicted octanol–water partition coefficient (Wildman–Crippen LogP) is 1.29. The van der Waals surface area contributed by atoms with Crippen molar-refractivity contribution in [1.82, 2.24) is 4.90 Å². The van der Waals surface area contributed by atoms with Gasteiger partial charge in [0.05, 0.1) is 0 Å². The second-order valence-electron chi connectivity index (χ2n) is 3.80. The van der Waals surface area contributed by atoms with Gasteiger partial charge in [0.1, 0.15) is 10.4 Å². The van der Waals surface area contributed by atoms with E-state index < -0.39 is 12.0 Å². The van der Waals surface area contributed by atoms with Crippen molar-refractivity contribution >= 4 is 34.3 Å². The maximum Gasteiger partial charge on any atom is 0.326 e. The van der Waals surface area contributed by atoms with Crippen LogP contribution in [0.15, 0.2) is 0 Å². The molecule has 1 unspecified atom stereocenters. The van der Waals surface area contributed by atoms with E-state index in [-0.39, 0.29) is 0 Å². The van der Waals surface area contributed by atoms with Crippen molar-refractivity contribution in [3.8, 4) is 0 Å². The molecule has 4 nitrogen and oxygen atoms in total. The zero-order chi connectivity index (χ0) is 12.0. The molecule has 1 aliphatic rings. The summed E-state index contributed by atoms with van der Waals surface area (Å²) in [7, 11) is 0. The summed E-state index contributed by atoms with van der Waals surface area (Å²) in [5, 5.41) is 9.10. The molecule has 0 aromatic heterocycles. The number of carboxylic acids is 1. The van der Waals surface area contributed by atoms with Crippen LogP contribution in [0, 0.1) is 0 Å². The largest absolute Gasteiger partial charge is 0.480 e. The number of rotatable bonds is 4. The van der Waals surface area contributed by atoms with Crippen LogP contribution in [0.2, 0.25) is 0 Å². The summed E-state index contributed by atoms with van der Waals surface area (Å²) in [5.41, 5.74) is 5.40. The summed E-state index contributed by atoms with van der Waals surface area (Å²) < 4.78 is 0.709. The van der Waals surface area contributed by atoms with Crippen LogP contribution < -0.4 is 5.73 Å². The second-order valence-corrected chi connectivity index (χ2v) is 5.53. The van der Waals surface area contributed by atoms with Crippen molar-refractivity contribution in [1.29, 1.82) is 0 Å². The molecule has 1 saturated heterocycles. The lowest BCUT2D eigenvalue weighted by atomic mass is 10.0. The summed E-state index contributed by atoms with van der Waals surface area (Å²) in [4.78, 5) is 12.9. The Bertz CT molecular complexity index is 261. The lowest BCUT2D eigenvalue weighted by molar-refractivity contribution is -0.142. The molecule has 0 aliphatic carbocycles. The van der Waals surface area contributed by atoms with Gasteiger partial charge in [0.15, 0.2) is 0 Å². The molecule has 92 valence electrons. The summed E-state index contributed by atoms with van der Waals surface area (Å²) >= 11 is 6.81. The first kappa shape index (κ1) is 13.7. The van der Waals surface area contributed by atoms with Crippen molar-refractivity contribution in [3.05, 3.63) is 0 Å². The molecule has 1 atom stereocenters. The van der Waals surface area contributed by atoms with E-state index in [4.69, 9.17) is 23.1 Å². The van der Waals surface area contributed by atoms with Gasteiger partial charge in [0, 0.05) is 12.3 Å². The number of likely N-dealkylation sites (tertiary alicyclic amines) is 1. The highest BCUT2D eigenvalue weighted by atomic mass is 32.2. The highest BCUT2D eigenvalue weighted by Crippen LogP contribution is 2.22. The number of carbonyl (C=O) groups is 1. The van der Waals surface area contributed by atoms with E-state index in [9.17, 15) is 4.79 Å². The lowest BCUT2D eigenvalue weighted by Gasteiger charge is -2.34. The van der Waals surface area contributed by atoms with Crippen LogP contribution >= 0.6 is 24.0 Å². The van der Waals surface area contributed by atoms with Gasteiger partial charge in [-0.3, -0.25) is 0 Å². The normalized spacial score (nSPS) is 20.8. The molecule has 16 heavy (non-hydrogen) atoms. The van der Waals surface area contributed by atoms with E-state index in [0.29, 0.717) is 17.3 Å². The minimum absolute atomic E-state index is 0.424. The van der Waals surface area contributed by atoms with E-state index in [1.165, 1.54) is 0 Å². The van der Waals surface area contributed by atoms with Gasteiger partial charge in [-0.15, -0.1) is 0 Å². The number of nitrogens with zero attached hydrogens (tertiary/aromatic N) is 1. The highest BCUT2D eigenvalue weighted by molar-refractivity contribution is 8.22. The smallest absolute Gasteiger partial charge is 0.326 e. The van der Waals surface area contributed by atoms with Crippen LogP contribution in [0.25, 0.3) is 0 Å². The van der Waals surface area contributed by atoms with Gasteiger partial charge >= 0.3 is 5.97 Å². The van der Waals surface area contributed by atoms with Crippen LogP contribution in [0.5, 0.6) is 0 Å². The van der Waals surface area contributed by atoms with Gasteiger partial charge in [-0.1, -0.05) is 24.0 Å². The number of aliphatic carboxylic acids is 1. The highest BCUT2D eigenvalue weighted by Gasteiger charge is 2.29. The third-order valence-corrected chi connectivity index (χ3v) is 4.16. The fourth-order valence-electron chi connectivity index (χ4n) is 1.73. The van der Waals surface area contributed by atoms with Gasteiger partial charge in [-0.2, -0.15) is 0 Å². The number of carboxylic acid groups (broad SMARTS) is 1. The fraction of sp³-hybridized carbons (Fsp3) is 0.800. The lowest BCUT2D eigenvalue weighted by Crippen LogP contribution is -2.46. The van der Waals surface area contributed by atoms with Crippen molar-refractivity contribution in [2.45, 2.75) is 31.7 Å². The molecule has 0 bridgehead atoms. The Morgan fingerprint density at radius 1 is 1.56 bits per heavy atom. The predicted molar refractivity (Wildman–Crippen MR) is 70.7 cm³/mol. The Labute approximate surface area is 106 Å². The molecule has 1 heterocycles. The number of thiocarbonyl (C=S) groups is 1. The molecule has 6 heteroatoms. The summed E-state index contributed by atoms with van der Waals surface area (Å²) in [5.74, 6) is 0.111. The molecular weight excluding hydrogens is 244 g/mol. The van der Waals surface area contributed by atoms with E-state index in [1.807, 2.05) is 4.90 Å². The maximum atomic E-state index is 11.1. The SMILES string of the molecule is NCCCSC(=S)N1CCCCC1C(=O)O. The van der Waals surface area contributed by atoms with Gasteiger partial charge in [0.25, 0.3) is 0 Å². The first-order chi connectivity index (χ1) is 7.66. The van der Waals surface area contributed by atoms with E-state index >= 15 is 0 Å². The Morgan fingerprint density at radius 3 is 2.94 bits per heavy atom. The molecule has 0 aromatic rings. The van der Waals surface area contributed by atoms with E-state index in [1.54, 1.807) is 11.8 Å². The number of hydrogen-bond acceptors (Lipinski definition) is 4. The topological polar surface area (TPSA) is 66.6 Å². The second kappa shape index (κ2) is 7.09. The minimum Gasteiger partial charge on any atom is -0.480 e. The van der Waals surface area contributed by atoms with Crippen LogP contribution in [0.1, 0.15) is 25.7 Å². The van der Waals surface area contributed by atoms with Crippen LogP contribution in [0.4, 0.5) is 0 Å². The van der Waals surface area contributed by atoms with Crippen molar-refractivity contribution in [2.24, 2.45) is 5.73 Å². The van der Waals surface area contributed by atoms with Gasteiger partial charge in [-0.05, 0) is 32.2 Å². The molecule has 1 fully saturated rings. The summed E-state index contributed by atoms with van der Waals surface area (Å²) in [6, 6.07) is -0.424. The minimum atomic E-state index is -0.763. The Balaban J connectivity index is 2.47. The van der Waals surface area contributed by atoms with Crippen LogP contribution in [-0.4, -0.2) is 45.2 Å². The van der Waals surface area contributed by atoms with Crippen LogP contribution in [-0.2, 0) is 4.79 Å². The number of thioether (sulfide) groups is 1. The Hall–Kier alpha value is -0.330. The molecule has 3 N–H and O–H groups in total. The maximum absolute atomic E-state index is 11.1. The zero-order valence-corrected chi connectivity index (χ0v) is 10.9. The number of nitrogens with two attached hydrogens (primary N) is 1. The molecule has 1 rings (SSSR count). The molecule has 1 aliphatic heterocycles. The molecule has 0 spiro atoms. The van der Waals surface area contributed by atoms with Gasteiger partial charge in [0.2, 0.25) is 0 Å². The summed E-state index contributed by atoms with van der Waals surface area (Å²) in [6.07, 6.45) is 3.62. The molecule has 0 saturated carbocycles. The van der Waals surface area contributed by atoms with Crippen LogP contribution in [0.3, 0.4) is 0 Å². The van der Waals surface area contributed by atoms with Crippen molar-refractivity contribution in [2.75, 3.05) is 18.8 Å². The van der Waals surface area contributed by atoms with Crippen molar-refractivity contribution in [3.63, 3.8) is 0 Å². The van der Waals surface area contributed by atoms with Gasteiger partial charge in [-0.25, -0.2) is 4.79 Å². The third kappa shape index (κ3) is 3.92. The average Bonchev–Trinajstić information content (AvgIpc) is 2.29. The van der Waals surface area contributed by atoms with Gasteiger partial charge < -0.3 is 15.7 Å².